The molecule has 2 heterocycles. The first-order valence-electron chi connectivity index (χ1n) is 11.1. The van der Waals surface area contributed by atoms with Gasteiger partial charge in [0.15, 0.2) is 5.54 Å². The van der Waals surface area contributed by atoms with Crippen molar-refractivity contribution in [3.05, 3.63) is 104 Å². The fraction of sp³-hybridized carbons (Fsp3) is 0.269. The van der Waals surface area contributed by atoms with Crippen LogP contribution in [0.5, 0.6) is 5.75 Å². The maximum atomic E-state index is 13.3. The van der Waals surface area contributed by atoms with E-state index in [1.54, 1.807) is 19.2 Å². The van der Waals surface area contributed by atoms with Crippen molar-refractivity contribution in [2.24, 2.45) is 0 Å². The number of hydrogen-bond acceptors (Lipinski definition) is 5. The zero-order chi connectivity index (χ0) is 24.0. The second-order valence-electron chi connectivity index (χ2n) is 8.94. The van der Waals surface area contributed by atoms with Crippen LogP contribution in [-0.4, -0.2) is 35.4 Å². The highest BCUT2D eigenvalue weighted by Gasteiger charge is 2.68. The Morgan fingerprint density at radius 3 is 2.65 bits per heavy atom. The number of carbonyl (C=O) groups is 1. The van der Waals surface area contributed by atoms with Crippen LogP contribution in [0, 0.1) is 17.0 Å². The number of halogens is 1. The third-order valence-corrected chi connectivity index (χ3v) is 7.42. The molecule has 34 heavy (non-hydrogen) atoms. The molecule has 1 N–H and O–H groups in total. The van der Waals surface area contributed by atoms with Gasteiger partial charge in [0.2, 0.25) is 0 Å². The minimum absolute atomic E-state index is 0.305. The number of rotatable bonds is 5. The summed E-state index contributed by atoms with van der Waals surface area (Å²) in [6, 6.07) is 19.7. The van der Waals surface area contributed by atoms with E-state index in [0.29, 0.717) is 35.7 Å². The second-order valence-corrected chi connectivity index (χ2v) is 9.86. The van der Waals surface area contributed by atoms with Crippen LogP contribution in [0.1, 0.15) is 28.2 Å². The van der Waals surface area contributed by atoms with Crippen LogP contribution >= 0.6 is 15.9 Å². The maximum Gasteiger partial charge on any atom is 0.256 e. The number of hydrogen-bond donors (Lipinski definition) is 1. The Kier molecular flexibility index (Phi) is 5.65. The molecule has 3 aromatic carbocycles. The summed E-state index contributed by atoms with van der Waals surface area (Å²) in [4.78, 5) is 27.5. The van der Waals surface area contributed by atoms with Crippen molar-refractivity contribution in [3.8, 4) is 5.75 Å². The Hall–Kier alpha value is -3.23. The first-order chi connectivity index (χ1) is 16.3. The molecule has 8 heteroatoms. The van der Waals surface area contributed by atoms with E-state index in [2.05, 4.69) is 21.2 Å². The van der Waals surface area contributed by atoms with E-state index < -0.39 is 17.5 Å². The fourth-order valence-corrected chi connectivity index (χ4v) is 5.73. The quantitative estimate of drug-likeness (QED) is 0.382. The van der Waals surface area contributed by atoms with Gasteiger partial charge in [-0.05, 0) is 43.8 Å². The lowest BCUT2D eigenvalue weighted by Crippen LogP contribution is -2.54. The van der Waals surface area contributed by atoms with E-state index in [4.69, 9.17) is 4.74 Å². The van der Waals surface area contributed by atoms with Crippen molar-refractivity contribution in [1.29, 1.82) is 0 Å². The van der Waals surface area contributed by atoms with Crippen LogP contribution < -0.4 is 10.1 Å². The summed E-state index contributed by atoms with van der Waals surface area (Å²) in [6.07, 6.45) is 0. The average Bonchev–Trinajstić information content (AvgIpc) is 3.29. The highest BCUT2D eigenvalue weighted by Crippen LogP contribution is 2.53. The third kappa shape index (κ3) is 3.49. The molecule has 0 radical (unpaired) electrons. The van der Waals surface area contributed by atoms with Gasteiger partial charge in [-0.2, -0.15) is 0 Å². The summed E-state index contributed by atoms with van der Waals surface area (Å²) in [7, 11) is 1.78. The predicted octanol–water partition coefficient (Wildman–Crippen LogP) is 4.86. The molecule has 2 aliphatic heterocycles. The van der Waals surface area contributed by atoms with Gasteiger partial charge in [-0.25, -0.2) is 0 Å². The number of nitrogens with zero attached hydrogens (tertiary/aromatic N) is 2. The number of carbonyl (C=O) groups excluding carboxylic acids is 1. The van der Waals surface area contributed by atoms with Crippen LogP contribution in [0.25, 0.3) is 0 Å². The zero-order valence-corrected chi connectivity index (χ0v) is 20.4. The van der Waals surface area contributed by atoms with Gasteiger partial charge < -0.3 is 10.1 Å². The molecule has 3 aromatic rings. The van der Waals surface area contributed by atoms with Crippen molar-refractivity contribution in [3.63, 3.8) is 0 Å². The smallest absolute Gasteiger partial charge is 0.256 e. The molecule has 2 aliphatic rings. The van der Waals surface area contributed by atoms with E-state index in [9.17, 15) is 14.9 Å². The summed E-state index contributed by atoms with van der Waals surface area (Å²) < 4.78 is 6.98. The van der Waals surface area contributed by atoms with Crippen molar-refractivity contribution in [2.75, 3.05) is 18.9 Å². The van der Waals surface area contributed by atoms with Crippen LogP contribution in [0.2, 0.25) is 0 Å². The first-order valence-corrected chi connectivity index (χ1v) is 11.8. The number of nitrogens with one attached hydrogen (secondary N) is 1. The summed E-state index contributed by atoms with van der Waals surface area (Å²) >= 11 is 3.51. The molecule has 1 fully saturated rings. The SMILES string of the molecule is Cc1ccc(COc2ccc(Br)cc2[C@@H]2CN(C)[C@@]3(C(=O)Nc4ccccc43)[C@@H]2[N+](=O)[O-])cc1. The number of nitro groups is 1. The number of benzene rings is 3. The maximum absolute atomic E-state index is 13.3. The van der Waals surface area contributed by atoms with Crippen LogP contribution in [0.15, 0.2) is 71.2 Å². The highest BCUT2D eigenvalue weighted by atomic mass is 79.9. The van der Waals surface area contributed by atoms with Gasteiger partial charge in [-0.1, -0.05) is 64.0 Å². The third-order valence-electron chi connectivity index (χ3n) is 6.93. The normalized spacial score (nSPS) is 23.7. The minimum atomic E-state index is -1.39. The Bertz CT molecular complexity index is 1280. The number of amides is 1. The van der Waals surface area contributed by atoms with E-state index >= 15 is 0 Å². The number of aryl methyl sites for hydroxylation is 1. The molecule has 1 amide bonds. The number of anilines is 1. The Labute approximate surface area is 206 Å². The molecular weight excluding hydrogens is 498 g/mol. The lowest BCUT2D eigenvalue weighted by molar-refractivity contribution is -0.534. The molecule has 1 saturated heterocycles. The van der Waals surface area contributed by atoms with E-state index in [1.165, 1.54) is 0 Å². The first kappa shape index (κ1) is 22.6. The summed E-state index contributed by atoms with van der Waals surface area (Å²) in [5.41, 5.74) is 2.76. The molecule has 0 unspecified atom stereocenters. The molecule has 0 aliphatic carbocycles. The van der Waals surface area contributed by atoms with Gasteiger partial charge in [0.25, 0.3) is 11.9 Å². The molecule has 0 saturated carbocycles. The topological polar surface area (TPSA) is 84.7 Å². The molecule has 3 atom stereocenters. The molecule has 5 rings (SSSR count). The van der Waals surface area contributed by atoms with E-state index in [1.807, 2.05) is 66.4 Å². The van der Waals surface area contributed by atoms with Gasteiger partial charge in [0.1, 0.15) is 12.4 Å². The molecule has 7 nitrogen and oxygen atoms in total. The zero-order valence-electron chi connectivity index (χ0n) is 18.8. The van der Waals surface area contributed by atoms with Gasteiger partial charge in [0.05, 0.1) is 5.92 Å². The Balaban J connectivity index is 1.56. The van der Waals surface area contributed by atoms with Gasteiger partial charge in [0, 0.05) is 32.8 Å². The average molecular weight is 522 g/mol. The van der Waals surface area contributed by atoms with Gasteiger partial charge in [-0.15, -0.1) is 0 Å². The van der Waals surface area contributed by atoms with Gasteiger partial charge >= 0.3 is 0 Å². The number of likely N-dealkylation sites (tertiary alicyclic amines) is 1. The molecule has 1 spiro atoms. The number of likely N-dealkylation sites (N-methyl/N-ethyl adjacent to an activating group) is 1. The molecular formula is C26H24BrN3O4. The summed E-state index contributed by atoms with van der Waals surface area (Å²) in [5.74, 6) is -0.335. The van der Waals surface area contributed by atoms with E-state index in [-0.39, 0.29) is 10.8 Å². The number of ether oxygens (including phenoxy) is 1. The van der Waals surface area contributed by atoms with Crippen LogP contribution in [0.4, 0.5) is 5.69 Å². The predicted molar refractivity (Wildman–Crippen MR) is 133 cm³/mol. The number of fused-ring (bicyclic) bond motifs is 2. The Morgan fingerprint density at radius 2 is 1.91 bits per heavy atom. The van der Waals surface area contributed by atoms with Crippen molar-refractivity contribution in [1.82, 2.24) is 4.90 Å². The largest absolute Gasteiger partial charge is 0.489 e. The van der Waals surface area contributed by atoms with Crippen molar-refractivity contribution in [2.45, 2.75) is 31.0 Å². The van der Waals surface area contributed by atoms with E-state index in [0.717, 1.165) is 15.6 Å². The minimum Gasteiger partial charge on any atom is -0.489 e. The standard InChI is InChI=1S/C26H24BrN3O4/c1-16-7-9-17(10-8-16)15-34-23-12-11-18(27)13-19(23)20-14-29(2)26(24(20)30(32)33)21-5-3-4-6-22(21)28-25(26)31/h3-13,20,24H,14-15H2,1-2H3,(H,28,31)/t20-,24+,26+/m0/s1. The number of para-hydroxylation sites is 1. The fourth-order valence-electron chi connectivity index (χ4n) is 5.35. The lowest BCUT2D eigenvalue weighted by atomic mass is 9.79. The molecule has 0 bridgehead atoms. The molecule has 174 valence electrons. The lowest BCUT2D eigenvalue weighted by Gasteiger charge is -2.30. The van der Waals surface area contributed by atoms with Crippen molar-refractivity contribution >= 4 is 27.5 Å². The summed E-state index contributed by atoms with van der Waals surface area (Å²) in [5, 5.41) is 15.5. The van der Waals surface area contributed by atoms with Crippen LogP contribution in [0.3, 0.4) is 0 Å². The molecule has 0 aromatic heterocycles. The van der Waals surface area contributed by atoms with Crippen LogP contribution in [-0.2, 0) is 16.9 Å². The van der Waals surface area contributed by atoms with Crippen molar-refractivity contribution < 1.29 is 14.5 Å². The summed E-state index contributed by atoms with van der Waals surface area (Å²) in [6.45, 7) is 2.71. The monoisotopic (exact) mass is 521 g/mol. The Morgan fingerprint density at radius 1 is 1.18 bits per heavy atom. The second kappa shape index (κ2) is 8.52. The highest BCUT2D eigenvalue weighted by molar-refractivity contribution is 9.10. The van der Waals surface area contributed by atoms with Gasteiger partial charge in [-0.3, -0.25) is 19.8 Å².